The van der Waals surface area contributed by atoms with Gasteiger partial charge in [0.25, 0.3) is 12.3 Å². The fourth-order valence-corrected chi connectivity index (χ4v) is 6.20. The van der Waals surface area contributed by atoms with Gasteiger partial charge < -0.3 is 8.37 Å². The summed E-state index contributed by atoms with van der Waals surface area (Å²) in [6.07, 6.45) is -1.97. The lowest BCUT2D eigenvalue weighted by atomic mass is 9.68. The number of hydrogen-bond acceptors (Lipinski definition) is 7. The van der Waals surface area contributed by atoms with Crippen LogP contribution < -0.4 is 8.37 Å². The Kier molecular flexibility index (Phi) is 9.56. The SMILES string of the molecule is CC(C)CCC1(CCC(C)C)c2cc(OSOOC(F)(F)F)ccc2-c2ccc3cc(OS(=O)(=O)C(F)(F)F)ccc3c21. The summed E-state index contributed by atoms with van der Waals surface area (Å²) in [5.41, 5.74) is -2.56. The summed E-state index contributed by atoms with van der Waals surface area (Å²) in [6.45, 7) is 8.37. The highest BCUT2D eigenvalue weighted by Gasteiger charge is 2.49. The Morgan fingerprint density at radius 2 is 1.42 bits per heavy atom. The van der Waals surface area contributed by atoms with Crippen molar-refractivity contribution in [1.29, 1.82) is 0 Å². The van der Waals surface area contributed by atoms with E-state index in [0.29, 0.717) is 30.1 Å². The predicted octanol–water partition coefficient (Wildman–Crippen LogP) is 9.62. The van der Waals surface area contributed by atoms with Gasteiger partial charge in [-0.15, -0.1) is 22.4 Å². The highest BCUT2D eigenvalue weighted by molar-refractivity contribution is 7.90. The van der Waals surface area contributed by atoms with Crippen LogP contribution in [0.5, 0.6) is 11.5 Å². The first-order chi connectivity index (χ1) is 19.9. The molecule has 0 fully saturated rings. The van der Waals surface area contributed by atoms with Gasteiger partial charge in [0.1, 0.15) is 11.5 Å². The van der Waals surface area contributed by atoms with Gasteiger partial charge >= 0.3 is 22.0 Å². The maximum absolute atomic E-state index is 13.0. The minimum absolute atomic E-state index is 0.0242. The van der Waals surface area contributed by atoms with Crippen molar-refractivity contribution in [3.63, 3.8) is 0 Å². The first kappa shape index (κ1) is 33.2. The molecule has 0 saturated carbocycles. The van der Waals surface area contributed by atoms with Crippen molar-refractivity contribution in [2.75, 3.05) is 0 Å². The molecule has 0 aliphatic heterocycles. The van der Waals surface area contributed by atoms with Crippen molar-refractivity contribution < 1.29 is 52.3 Å². The third kappa shape index (κ3) is 7.35. The third-order valence-corrected chi connectivity index (χ3v) is 8.70. The molecule has 0 spiro atoms. The van der Waals surface area contributed by atoms with Gasteiger partial charge in [0.15, 0.2) is 0 Å². The fourth-order valence-electron chi connectivity index (χ4n) is 5.43. The minimum Gasteiger partial charge on any atom is -0.399 e. The van der Waals surface area contributed by atoms with Crippen LogP contribution in [0.1, 0.15) is 64.5 Å². The van der Waals surface area contributed by atoms with Gasteiger partial charge in [0.2, 0.25) is 0 Å². The molecule has 14 heteroatoms. The molecule has 0 amide bonds. The quantitative estimate of drug-likeness (QED) is 0.0367. The van der Waals surface area contributed by atoms with Crippen LogP contribution in [0.4, 0.5) is 26.3 Å². The zero-order chi connectivity index (χ0) is 31.8. The molecule has 0 radical (unpaired) electrons. The lowest BCUT2D eigenvalue weighted by molar-refractivity contribution is -0.441. The van der Waals surface area contributed by atoms with E-state index in [1.54, 1.807) is 30.3 Å². The van der Waals surface area contributed by atoms with Gasteiger partial charge in [-0.05, 0) is 94.8 Å². The van der Waals surface area contributed by atoms with Gasteiger partial charge in [-0.1, -0.05) is 52.0 Å². The van der Waals surface area contributed by atoms with E-state index >= 15 is 0 Å². The van der Waals surface area contributed by atoms with Gasteiger partial charge in [-0.2, -0.15) is 21.6 Å². The van der Waals surface area contributed by atoms with Crippen LogP contribution in [0.2, 0.25) is 0 Å². The van der Waals surface area contributed by atoms with E-state index in [1.165, 1.54) is 12.1 Å². The lowest BCUT2D eigenvalue weighted by Gasteiger charge is -2.35. The number of alkyl halides is 6. The van der Waals surface area contributed by atoms with Crippen molar-refractivity contribution in [3.8, 4) is 22.6 Å². The molecule has 6 nitrogen and oxygen atoms in total. The van der Waals surface area contributed by atoms with Crippen LogP contribution in [0.15, 0.2) is 48.5 Å². The van der Waals surface area contributed by atoms with E-state index in [4.69, 9.17) is 4.18 Å². The molecule has 236 valence electrons. The van der Waals surface area contributed by atoms with E-state index < -0.39 is 33.2 Å². The average Bonchev–Trinajstić information content (AvgIpc) is 3.17. The monoisotopic (exact) mass is 652 g/mol. The summed E-state index contributed by atoms with van der Waals surface area (Å²) < 4.78 is 113. The standard InChI is InChI=1S/C29H30F6O6S2/c1-17(2)11-13-27(14-12-18(3)4)25-16-20(38-42-41-40-28(30,31)32)6-10-23(25)24-8-5-19-15-21(7-9-22(19)26(24)27)39-43(36,37)29(33,34)35/h5-10,15-18H,11-14H2,1-4H3. The summed E-state index contributed by atoms with van der Waals surface area (Å²) in [5, 5.41) is 1.21. The van der Waals surface area contributed by atoms with Crippen LogP contribution in [-0.2, 0) is 24.8 Å². The second kappa shape index (κ2) is 12.4. The topological polar surface area (TPSA) is 71.1 Å². The van der Waals surface area contributed by atoms with Crippen molar-refractivity contribution in [3.05, 3.63) is 59.7 Å². The molecule has 1 aliphatic carbocycles. The molecule has 0 aromatic heterocycles. The summed E-state index contributed by atoms with van der Waals surface area (Å²) in [6, 6.07) is 12.7. The Bertz CT molecular complexity index is 1560. The number of hydrogen-bond donors (Lipinski definition) is 0. The molecule has 3 aromatic rings. The van der Waals surface area contributed by atoms with Crippen molar-refractivity contribution in [1.82, 2.24) is 0 Å². The molecule has 0 saturated heterocycles. The fraction of sp³-hybridized carbons (Fsp3) is 0.448. The summed E-state index contributed by atoms with van der Waals surface area (Å²) >= 11 is 0.0242. The minimum atomic E-state index is -5.85. The molecule has 0 bridgehead atoms. The van der Waals surface area contributed by atoms with Crippen LogP contribution in [0, 0.1) is 11.8 Å². The smallest absolute Gasteiger partial charge is 0.399 e. The Hall–Kier alpha value is -2.68. The van der Waals surface area contributed by atoms with E-state index in [1.807, 2.05) is 6.07 Å². The molecule has 4 rings (SSSR count). The second-order valence-electron chi connectivity index (χ2n) is 11.3. The molecule has 3 aromatic carbocycles. The zero-order valence-corrected chi connectivity index (χ0v) is 25.3. The van der Waals surface area contributed by atoms with Crippen molar-refractivity contribution >= 4 is 33.2 Å². The maximum Gasteiger partial charge on any atom is 0.550 e. The number of benzene rings is 3. The molecule has 43 heavy (non-hydrogen) atoms. The van der Waals surface area contributed by atoms with Gasteiger partial charge in [-0.3, -0.25) is 0 Å². The molecule has 1 aliphatic rings. The maximum atomic E-state index is 13.0. The summed E-state index contributed by atoms with van der Waals surface area (Å²) in [5.74, 6) is 0.421. The molecule has 0 N–H and O–H groups in total. The molecular formula is C29H30F6O6S2. The van der Waals surface area contributed by atoms with Gasteiger partial charge in [-0.25, -0.2) is 0 Å². The van der Waals surface area contributed by atoms with E-state index in [2.05, 4.69) is 41.1 Å². The second-order valence-corrected chi connectivity index (χ2v) is 13.2. The van der Waals surface area contributed by atoms with E-state index in [-0.39, 0.29) is 18.1 Å². The normalized spacial score (nSPS) is 14.8. The molecule has 0 atom stereocenters. The Morgan fingerprint density at radius 3 is 2.00 bits per heavy atom. The third-order valence-electron chi connectivity index (χ3n) is 7.34. The average molecular weight is 653 g/mol. The zero-order valence-electron chi connectivity index (χ0n) is 23.6. The first-order valence-corrected chi connectivity index (χ1v) is 15.5. The largest absolute Gasteiger partial charge is 0.550 e. The number of fused-ring (bicyclic) bond motifs is 5. The Labute approximate surface area is 250 Å². The predicted molar refractivity (Wildman–Crippen MR) is 150 cm³/mol. The van der Waals surface area contributed by atoms with Gasteiger partial charge in [0.05, 0.1) is 0 Å². The lowest BCUT2D eigenvalue weighted by Crippen LogP contribution is -2.28. The first-order valence-electron chi connectivity index (χ1n) is 13.4. The Balaban J connectivity index is 1.84. The number of rotatable bonds is 12. The van der Waals surface area contributed by atoms with Crippen LogP contribution >= 0.6 is 12.3 Å². The van der Waals surface area contributed by atoms with Crippen LogP contribution in [0.3, 0.4) is 0 Å². The van der Waals surface area contributed by atoms with E-state index in [9.17, 15) is 34.8 Å². The molecule has 0 heterocycles. The van der Waals surface area contributed by atoms with Gasteiger partial charge in [0, 0.05) is 5.41 Å². The Morgan fingerprint density at radius 1 is 0.814 bits per heavy atom. The van der Waals surface area contributed by atoms with Crippen LogP contribution in [-0.4, -0.2) is 20.3 Å². The van der Waals surface area contributed by atoms with Crippen molar-refractivity contribution in [2.45, 2.75) is 70.7 Å². The highest BCUT2D eigenvalue weighted by Crippen LogP contribution is 2.57. The summed E-state index contributed by atoms with van der Waals surface area (Å²) in [4.78, 5) is 3.30. The number of halogens is 6. The van der Waals surface area contributed by atoms with Crippen molar-refractivity contribution in [2.24, 2.45) is 11.8 Å². The molecule has 0 unspecified atom stereocenters. The van der Waals surface area contributed by atoms with E-state index in [0.717, 1.165) is 40.5 Å². The highest BCUT2D eigenvalue weighted by atomic mass is 32.2. The summed E-state index contributed by atoms with van der Waals surface area (Å²) in [7, 11) is -5.85. The van der Waals surface area contributed by atoms with Crippen LogP contribution in [0.25, 0.3) is 21.9 Å². The molecular weight excluding hydrogens is 622 g/mol.